The molecule has 2 aliphatic rings. The number of aliphatic hydroxyl groups excluding tert-OH is 1. The molecule has 5 nitrogen and oxygen atoms in total. The third kappa shape index (κ3) is 1.29. The molecule has 2 rings (SSSR count). The fourth-order valence-electron chi connectivity index (χ4n) is 1.77. The first-order valence-corrected chi connectivity index (χ1v) is 4.55. The topological polar surface area (TPSA) is 59.0 Å². The van der Waals surface area contributed by atoms with Crippen molar-refractivity contribution in [1.29, 1.82) is 0 Å². The second-order valence-corrected chi connectivity index (χ2v) is 3.34. The number of nitrogens with zero attached hydrogens (tertiary/aromatic N) is 1. The predicted octanol–water partition coefficient (Wildman–Crippen LogP) is -0.534. The molecule has 0 aromatic heterocycles. The molecule has 2 atom stereocenters. The lowest BCUT2D eigenvalue weighted by Crippen LogP contribution is -2.53. The summed E-state index contributed by atoms with van der Waals surface area (Å²) in [4.78, 5) is 12.7. The quantitative estimate of drug-likeness (QED) is 0.620. The van der Waals surface area contributed by atoms with E-state index >= 15 is 0 Å². The van der Waals surface area contributed by atoms with Gasteiger partial charge >= 0.3 is 0 Å². The van der Waals surface area contributed by atoms with Gasteiger partial charge in [-0.05, 0) is 6.08 Å². The number of carbonyl (C=O) groups excluding carboxylic acids is 1. The van der Waals surface area contributed by atoms with Gasteiger partial charge in [-0.2, -0.15) is 0 Å². The number of ether oxygens (including phenoxy) is 2. The Morgan fingerprint density at radius 1 is 1.79 bits per heavy atom. The molecule has 14 heavy (non-hydrogen) atoms. The largest absolute Gasteiger partial charge is 0.472 e. The van der Waals surface area contributed by atoms with Gasteiger partial charge in [0.25, 0.3) is 0 Å². The molecule has 5 heteroatoms. The maximum Gasteiger partial charge on any atom is 0.231 e. The van der Waals surface area contributed by atoms with Gasteiger partial charge in [0.15, 0.2) is 6.23 Å². The van der Waals surface area contributed by atoms with Crippen LogP contribution in [0.15, 0.2) is 11.8 Å². The minimum atomic E-state index is -0.309. The Labute approximate surface area is 81.9 Å². The first kappa shape index (κ1) is 9.48. The third-order valence-electron chi connectivity index (χ3n) is 2.51. The van der Waals surface area contributed by atoms with E-state index in [1.807, 2.05) is 0 Å². The zero-order valence-corrected chi connectivity index (χ0v) is 7.97. The minimum absolute atomic E-state index is 0.0369. The van der Waals surface area contributed by atoms with E-state index in [4.69, 9.17) is 14.6 Å². The molecule has 1 amide bonds. The monoisotopic (exact) mass is 199 g/mol. The van der Waals surface area contributed by atoms with E-state index in [-0.39, 0.29) is 24.8 Å². The van der Waals surface area contributed by atoms with E-state index in [2.05, 4.69) is 0 Å². The summed E-state index contributed by atoms with van der Waals surface area (Å²) in [5.74, 6) is 0.681. The Kier molecular flexibility index (Phi) is 2.43. The van der Waals surface area contributed by atoms with Crippen LogP contribution in [0.2, 0.25) is 0 Å². The second-order valence-electron chi connectivity index (χ2n) is 3.34. The van der Waals surface area contributed by atoms with Crippen molar-refractivity contribution in [3.05, 3.63) is 11.8 Å². The zero-order chi connectivity index (χ0) is 10.1. The number of rotatable bonds is 3. The highest BCUT2D eigenvalue weighted by Crippen LogP contribution is 2.35. The molecule has 1 N–H and O–H groups in total. The van der Waals surface area contributed by atoms with Crippen LogP contribution in [-0.4, -0.2) is 48.5 Å². The van der Waals surface area contributed by atoms with Gasteiger partial charge in [-0.1, -0.05) is 0 Å². The molecule has 78 valence electrons. The van der Waals surface area contributed by atoms with Gasteiger partial charge in [-0.3, -0.25) is 9.69 Å². The predicted molar refractivity (Wildman–Crippen MR) is 47.2 cm³/mol. The Morgan fingerprint density at radius 3 is 3.14 bits per heavy atom. The summed E-state index contributed by atoms with van der Waals surface area (Å²) in [6, 6.07) is -0.309. The molecule has 0 aromatic carbocycles. The van der Waals surface area contributed by atoms with Crippen molar-refractivity contribution in [2.75, 3.05) is 20.3 Å². The van der Waals surface area contributed by atoms with Gasteiger partial charge in [0.05, 0.1) is 19.6 Å². The number of hydrogen-bond donors (Lipinski definition) is 1. The van der Waals surface area contributed by atoms with Crippen molar-refractivity contribution >= 4 is 5.91 Å². The molecule has 2 saturated heterocycles. The molecule has 2 aliphatic heterocycles. The normalized spacial score (nSPS) is 32.9. The van der Waals surface area contributed by atoms with Crippen LogP contribution >= 0.6 is 0 Å². The molecule has 2 fully saturated rings. The average Bonchev–Trinajstić information content (AvgIpc) is 2.46. The SMILES string of the molecule is COCC=C1O[C@@H]2CC(=O)N2[C@H]1CO. The number of aliphatic hydroxyl groups is 1. The highest BCUT2D eigenvalue weighted by molar-refractivity contribution is 5.84. The highest BCUT2D eigenvalue weighted by Gasteiger charge is 2.50. The van der Waals surface area contributed by atoms with E-state index < -0.39 is 0 Å². The van der Waals surface area contributed by atoms with Crippen molar-refractivity contribution in [3.63, 3.8) is 0 Å². The number of carbonyl (C=O) groups is 1. The van der Waals surface area contributed by atoms with E-state index in [0.717, 1.165) is 0 Å². The maximum atomic E-state index is 11.2. The van der Waals surface area contributed by atoms with Crippen LogP contribution in [0.4, 0.5) is 0 Å². The van der Waals surface area contributed by atoms with Crippen molar-refractivity contribution in [2.24, 2.45) is 0 Å². The van der Waals surface area contributed by atoms with Gasteiger partial charge in [0.1, 0.15) is 11.8 Å². The maximum absolute atomic E-state index is 11.2. The molecule has 0 unspecified atom stereocenters. The molecule has 0 spiro atoms. The van der Waals surface area contributed by atoms with Crippen LogP contribution in [0, 0.1) is 0 Å². The molecular weight excluding hydrogens is 186 g/mol. The molecular formula is C9H13NO4. The van der Waals surface area contributed by atoms with Crippen LogP contribution in [0.5, 0.6) is 0 Å². The number of methoxy groups -OCH3 is 1. The fourth-order valence-corrected chi connectivity index (χ4v) is 1.77. The zero-order valence-electron chi connectivity index (χ0n) is 7.97. The smallest absolute Gasteiger partial charge is 0.231 e. The molecule has 0 aliphatic carbocycles. The van der Waals surface area contributed by atoms with E-state index in [9.17, 15) is 4.79 Å². The standard InChI is InChI=1S/C9H13NO4/c1-13-3-2-7-6(5-11)10-8(12)4-9(10)14-7/h2,6,9,11H,3-5H2,1H3/t6-,9+/m0/s1. The summed E-state index contributed by atoms with van der Waals surface area (Å²) in [6.45, 7) is 0.332. The number of amides is 1. The Balaban J connectivity index is 2.09. The van der Waals surface area contributed by atoms with Crippen LogP contribution in [0.25, 0.3) is 0 Å². The summed E-state index contributed by atoms with van der Waals surface area (Å²) in [6.07, 6.45) is 2.01. The number of hydrogen-bond acceptors (Lipinski definition) is 4. The minimum Gasteiger partial charge on any atom is -0.472 e. The molecule has 0 radical (unpaired) electrons. The fraction of sp³-hybridized carbons (Fsp3) is 0.667. The second kappa shape index (κ2) is 3.59. The summed E-state index contributed by atoms with van der Waals surface area (Å²) in [7, 11) is 1.58. The Morgan fingerprint density at radius 2 is 2.57 bits per heavy atom. The molecule has 2 heterocycles. The molecule has 0 saturated carbocycles. The lowest BCUT2D eigenvalue weighted by Gasteiger charge is -2.34. The molecule has 0 aromatic rings. The number of β-lactam (4-membered cyclic amide) rings is 1. The van der Waals surface area contributed by atoms with Crippen molar-refractivity contribution in [2.45, 2.75) is 18.7 Å². The van der Waals surface area contributed by atoms with E-state index in [0.29, 0.717) is 18.8 Å². The molecule has 0 bridgehead atoms. The Hall–Kier alpha value is -1.07. The lowest BCUT2D eigenvalue weighted by atomic mass is 10.1. The first-order chi connectivity index (χ1) is 6.77. The van der Waals surface area contributed by atoms with Crippen LogP contribution < -0.4 is 0 Å². The van der Waals surface area contributed by atoms with Gasteiger partial charge < -0.3 is 14.6 Å². The van der Waals surface area contributed by atoms with Gasteiger partial charge in [0.2, 0.25) is 5.91 Å². The lowest BCUT2D eigenvalue weighted by molar-refractivity contribution is -0.157. The number of fused-ring (bicyclic) bond motifs is 1. The summed E-state index contributed by atoms with van der Waals surface area (Å²) >= 11 is 0. The van der Waals surface area contributed by atoms with Crippen molar-refractivity contribution in [1.82, 2.24) is 4.90 Å². The van der Waals surface area contributed by atoms with Crippen molar-refractivity contribution in [3.8, 4) is 0 Å². The average molecular weight is 199 g/mol. The Bertz CT molecular complexity index is 276. The summed E-state index contributed by atoms with van der Waals surface area (Å²) in [5, 5.41) is 9.12. The van der Waals surface area contributed by atoms with E-state index in [1.165, 1.54) is 0 Å². The summed E-state index contributed by atoms with van der Waals surface area (Å²) < 4.78 is 10.3. The van der Waals surface area contributed by atoms with Crippen LogP contribution in [-0.2, 0) is 14.3 Å². The van der Waals surface area contributed by atoms with Gasteiger partial charge in [-0.15, -0.1) is 0 Å². The van der Waals surface area contributed by atoms with Crippen molar-refractivity contribution < 1.29 is 19.4 Å². The summed E-state index contributed by atoms with van der Waals surface area (Å²) in [5.41, 5.74) is 0. The van der Waals surface area contributed by atoms with Gasteiger partial charge in [-0.25, -0.2) is 0 Å². The first-order valence-electron chi connectivity index (χ1n) is 4.55. The highest BCUT2D eigenvalue weighted by atomic mass is 16.5. The van der Waals surface area contributed by atoms with Gasteiger partial charge in [0, 0.05) is 7.11 Å². The van der Waals surface area contributed by atoms with Crippen LogP contribution in [0.1, 0.15) is 6.42 Å². The third-order valence-corrected chi connectivity index (χ3v) is 2.51. The van der Waals surface area contributed by atoms with Crippen LogP contribution in [0.3, 0.4) is 0 Å². The van der Waals surface area contributed by atoms with E-state index in [1.54, 1.807) is 18.1 Å².